The summed E-state index contributed by atoms with van der Waals surface area (Å²) in [5.41, 5.74) is 0.941. The average Bonchev–Trinajstić information content (AvgIpc) is 2.45. The lowest BCUT2D eigenvalue weighted by Crippen LogP contribution is -2.33. The average molecular weight is 327 g/mol. The quantitative estimate of drug-likeness (QED) is 0.827. The minimum Gasteiger partial charge on any atom is -0.497 e. The molecule has 0 aliphatic heterocycles. The molecule has 0 fully saturated rings. The first-order chi connectivity index (χ1) is 10.0. The first kappa shape index (κ1) is 16.0. The van der Waals surface area contributed by atoms with E-state index in [4.69, 9.17) is 32.7 Å². The van der Waals surface area contributed by atoms with Gasteiger partial charge < -0.3 is 19.5 Å². The van der Waals surface area contributed by atoms with Gasteiger partial charge in [0.1, 0.15) is 18.1 Å². The van der Waals surface area contributed by atoms with E-state index in [0.717, 1.165) is 0 Å². The summed E-state index contributed by atoms with van der Waals surface area (Å²) in [4.78, 5) is 0. The first-order valence-electron chi connectivity index (χ1n) is 6.12. The van der Waals surface area contributed by atoms with Gasteiger partial charge in [0.15, 0.2) is 0 Å². The second-order valence-electron chi connectivity index (χ2n) is 4.30. The summed E-state index contributed by atoms with van der Waals surface area (Å²) in [6.07, 6.45) is 0. The van der Waals surface area contributed by atoms with Crippen molar-refractivity contribution in [3.63, 3.8) is 0 Å². The van der Waals surface area contributed by atoms with Crippen molar-refractivity contribution in [1.82, 2.24) is 0 Å². The van der Waals surface area contributed by atoms with E-state index in [2.05, 4.69) is 0 Å². The molecule has 0 bridgehead atoms. The van der Waals surface area contributed by atoms with Crippen LogP contribution in [-0.2, 0) is 6.61 Å². The van der Waals surface area contributed by atoms with Crippen LogP contribution in [0.1, 0.15) is 5.56 Å². The molecule has 0 radical (unpaired) electrons. The van der Waals surface area contributed by atoms with Gasteiger partial charge >= 0.3 is 7.12 Å². The zero-order chi connectivity index (χ0) is 15.4. The van der Waals surface area contributed by atoms with Crippen LogP contribution in [0, 0.1) is 0 Å². The molecule has 2 N–H and O–H groups in total. The molecule has 0 aliphatic rings. The SMILES string of the molecule is COc1ccc(B(O)O)c(COc2ccc(Cl)cc2Cl)c1. The molecule has 0 aromatic heterocycles. The Bertz CT molecular complexity index is 634. The molecule has 21 heavy (non-hydrogen) atoms. The Morgan fingerprint density at radius 2 is 1.86 bits per heavy atom. The van der Waals surface area contributed by atoms with E-state index in [9.17, 15) is 10.0 Å². The van der Waals surface area contributed by atoms with Gasteiger partial charge in [-0.25, -0.2) is 0 Å². The Morgan fingerprint density at radius 3 is 2.48 bits per heavy atom. The van der Waals surface area contributed by atoms with E-state index < -0.39 is 7.12 Å². The van der Waals surface area contributed by atoms with E-state index >= 15 is 0 Å². The molecule has 2 aromatic carbocycles. The molecular weight excluding hydrogens is 314 g/mol. The second-order valence-corrected chi connectivity index (χ2v) is 5.15. The van der Waals surface area contributed by atoms with Crippen LogP contribution < -0.4 is 14.9 Å². The standard InChI is InChI=1S/C14H13BCl2O4/c1-20-11-3-4-12(15(18)19)9(6-11)8-21-14-5-2-10(16)7-13(14)17/h2-7,18-19H,8H2,1H3. The third-order valence-electron chi connectivity index (χ3n) is 2.91. The molecule has 7 heteroatoms. The van der Waals surface area contributed by atoms with Crippen molar-refractivity contribution in [3.8, 4) is 11.5 Å². The van der Waals surface area contributed by atoms with Crippen molar-refractivity contribution in [3.05, 3.63) is 52.0 Å². The van der Waals surface area contributed by atoms with E-state index in [-0.39, 0.29) is 6.61 Å². The van der Waals surface area contributed by atoms with Gasteiger partial charge in [-0.05, 0) is 41.4 Å². The summed E-state index contributed by atoms with van der Waals surface area (Å²) in [7, 11) is -0.0550. The second kappa shape index (κ2) is 7.05. The van der Waals surface area contributed by atoms with E-state index in [1.807, 2.05) is 0 Å². The number of methoxy groups -OCH3 is 1. The van der Waals surface area contributed by atoms with Crippen LogP contribution in [0.15, 0.2) is 36.4 Å². The van der Waals surface area contributed by atoms with Crippen molar-refractivity contribution in [1.29, 1.82) is 0 Å². The number of benzene rings is 2. The maximum Gasteiger partial charge on any atom is 0.488 e. The van der Waals surface area contributed by atoms with Gasteiger partial charge in [-0.15, -0.1) is 0 Å². The Labute approximate surface area is 133 Å². The van der Waals surface area contributed by atoms with Gasteiger partial charge in [0.2, 0.25) is 0 Å². The lowest BCUT2D eigenvalue weighted by molar-refractivity contribution is 0.305. The van der Waals surface area contributed by atoms with Gasteiger partial charge in [0, 0.05) is 5.02 Å². The predicted octanol–water partition coefficient (Wildman–Crippen LogP) is 2.26. The number of ether oxygens (including phenoxy) is 2. The molecule has 4 nitrogen and oxygen atoms in total. The molecule has 0 saturated heterocycles. The van der Waals surface area contributed by atoms with E-state index in [1.54, 1.807) is 36.4 Å². The maximum absolute atomic E-state index is 9.37. The van der Waals surface area contributed by atoms with Crippen LogP contribution in [0.5, 0.6) is 11.5 Å². The van der Waals surface area contributed by atoms with Gasteiger partial charge in [-0.3, -0.25) is 0 Å². The van der Waals surface area contributed by atoms with Crippen LogP contribution in [0.2, 0.25) is 10.0 Å². The Balaban J connectivity index is 2.22. The summed E-state index contributed by atoms with van der Waals surface area (Å²) in [6.45, 7) is 0.117. The van der Waals surface area contributed by atoms with Crippen molar-refractivity contribution in [2.24, 2.45) is 0 Å². The van der Waals surface area contributed by atoms with Gasteiger partial charge in [0.05, 0.1) is 12.1 Å². The third kappa shape index (κ3) is 4.05. The highest BCUT2D eigenvalue weighted by atomic mass is 35.5. The summed E-state index contributed by atoms with van der Waals surface area (Å²) in [5.74, 6) is 1.06. The molecule has 0 atom stereocenters. The zero-order valence-corrected chi connectivity index (χ0v) is 12.7. The number of halogens is 2. The molecule has 2 rings (SSSR count). The molecule has 0 unspecified atom stereocenters. The fraction of sp³-hybridized carbons (Fsp3) is 0.143. The summed E-state index contributed by atoms with van der Waals surface area (Å²) >= 11 is 11.8. The van der Waals surface area contributed by atoms with E-state index in [0.29, 0.717) is 32.6 Å². The van der Waals surface area contributed by atoms with Crippen molar-refractivity contribution in [2.45, 2.75) is 6.61 Å². The topological polar surface area (TPSA) is 58.9 Å². The molecule has 0 aliphatic carbocycles. The number of hydrogen-bond donors (Lipinski definition) is 2. The monoisotopic (exact) mass is 326 g/mol. The normalized spacial score (nSPS) is 10.3. The molecule has 2 aromatic rings. The Morgan fingerprint density at radius 1 is 1.10 bits per heavy atom. The Kier molecular flexibility index (Phi) is 5.36. The molecule has 0 amide bonds. The lowest BCUT2D eigenvalue weighted by atomic mass is 9.77. The minimum absolute atomic E-state index is 0.117. The minimum atomic E-state index is -1.59. The zero-order valence-electron chi connectivity index (χ0n) is 11.2. The van der Waals surface area contributed by atoms with Crippen molar-refractivity contribution in [2.75, 3.05) is 7.11 Å². The van der Waals surface area contributed by atoms with E-state index in [1.165, 1.54) is 7.11 Å². The summed E-state index contributed by atoms with van der Waals surface area (Å²) in [6, 6.07) is 9.79. The fourth-order valence-electron chi connectivity index (χ4n) is 1.83. The lowest BCUT2D eigenvalue weighted by Gasteiger charge is -2.13. The highest BCUT2D eigenvalue weighted by Crippen LogP contribution is 2.28. The molecule has 110 valence electrons. The van der Waals surface area contributed by atoms with Crippen molar-refractivity contribution < 1.29 is 19.5 Å². The van der Waals surface area contributed by atoms with Gasteiger partial charge in [-0.2, -0.15) is 0 Å². The Hall–Kier alpha value is -1.40. The molecule has 0 heterocycles. The summed E-state index contributed by atoms with van der Waals surface area (Å²) in [5, 5.41) is 19.6. The van der Waals surface area contributed by atoms with Crippen LogP contribution in [0.25, 0.3) is 0 Å². The molecular formula is C14H13BCl2O4. The van der Waals surface area contributed by atoms with Crippen LogP contribution in [0.4, 0.5) is 0 Å². The highest BCUT2D eigenvalue weighted by Gasteiger charge is 2.17. The van der Waals surface area contributed by atoms with Crippen LogP contribution in [-0.4, -0.2) is 24.3 Å². The molecule has 0 saturated carbocycles. The summed E-state index contributed by atoms with van der Waals surface area (Å²) < 4.78 is 10.7. The predicted molar refractivity (Wildman–Crippen MR) is 83.6 cm³/mol. The van der Waals surface area contributed by atoms with Crippen molar-refractivity contribution >= 4 is 35.8 Å². The first-order valence-corrected chi connectivity index (χ1v) is 6.87. The fourth-order valence-corrected chi connectivity index (χ4v) is 2.30. The van der Waals surface area contributed by atoms with Gasteiger partial charge in [0.25, 0.3) is 0 Å². The number of hydrogen-bond acceptors (Lipinski definition) is 4. The largest absolute Gasteiger partial charge is 0.497 e. The third-order valence-corrected chi connectivity index (χ3v) is 3.44. The van der Waals surface area contributed by atoms with Crippen LogP contribution in [0.3, 0.4) is 0 Å². The maximum atomic E-state index is 9.37. The smallest absolute Gasteiger partial charge is 0.488 e. The van der Waals surface area contributed by atoms with Crippen LogP contribution >= 0.6 is 23.2 Å². The highest BCUT2D eigenvalue weighted by molar-refractivity contribution is 6.59. The van der Waals surface area contributed by atoms with Gasteiger partial charge in [-0.1, -0.05) is 29.3 Å². The number of rotatable bonds is 5. The molecule has 0 spiro atoms.